The third-order valence-electron chi connectivity index (χ3n) is 4.86. The summed E-state index contributed by atoms with van der Waals surface area (Å²) >= 11 is 0. The van der Waals surface area contributed by atoms with Gasteiger partial charge in [0.05, 0.1) is 5.69 Å². The van der Waals surface area contributed by atoms with Crippen LogP contribution in [0.4, 0.5) is 10.1 Å². The van der Waals surface area contributed by atoms with Crippen LogP contribution in [0.25, 0.3) is 0 Å². The van der Waals surface area contributed by atoms with Gasteiger partial charge in [0.2, 0.25) is 5.91 Å². The lowest BCUT2D eigenvalue weighted by Gasteiger charge is -2.38. The van der Waals surface area contributed by atoms with Crippen LogP contribution in [-0.4, -0.2) is 56.0 Å². The maximum atomic E-state index is 14.3. The van der Waals surface area contributed by atoms with Crippen LogP contribution in [0, 0.1) is 11.7 Å². The number of nitrogens with zero attached hydrogens (tertiary/aromatic N) is 2. The summed E-state index contributed by atoms with van der Waals surface area (Å²) in [6.45, 7) is 5.15. The van der Waals surface area contributed by atoms with Crippen molar-refractivity contribution in [2.24, 2.45) is 5.92 Å². The molecule has 24 heavy (non-hydrogen) atoms. The summed E-state index contributed by atoms with van der Waals surface area (Å²) < 4.78 is 19.6. The minimum Gasteiger partial charge on any atom is -0.381 e. The van der Waals surface area contributed by atoms with E-state index in [0.717, 1.165) is 12.8 Å². The predicted molar refractivity (Wildman–Crippen MR) is 88.7 cm³/mol. The number of piperazine rings is 1. The third-order valence-corrected chi connectivity index (χ3v) is 4.86. The van der Waals surface area contributed by atoms with Gasteiger partial charge in [0.25, 0.3) is 0 Å². The zero-order valence-electron chi connectivity index (χ0n) is 14.0. The van der Waals surface area contributed by atoms with Crippen molar-refractivity contribution in [1.82, 2.24) is 4.90 Å². The number of Topliss-reactive ketones (excluding diaryl/α,β-unsaturated/α-hetero) is 1. The number of hydrogen-bond acceptors (Lipinski definition) is 4. The van der Waals surface area contributed by atoms with Gasteiger partial charge in [-0.25, -0.2) is 4.39 Å². The minimum absolute atomic E-state index is 0.0666. The van der Waals surface area contributed by atoms with Gasteiger partial charge < -0.3 is 14.5 Å². The summed E-state index contributed by atoms with van der Waals surface area (Å²) in [6, 6.07) is 4.60. The van der Waals surface area contributed by atoms with Crippen molar-refractivity contribution in [2.75, 3.05) is 44.3 Å². The van der Waals surface area contributed by atoms with Gasteiger partial charge in [-0.15, -0.1) is 0 Å². The van der Waals surface area contributed by atoms with Crippen molar-refractivity contribution in [1.29, 1.82) is 0 Å². The van der Waals surface area contributed by atoms with Gasteiger partial charge in [0, 0.05) is 50.9 Å². The monoisotopic (exact) mass is 334 g/mol. The van der Waals surface area contributed by atoms with Crippen LogP contribution < -0.4 is 4.90 Å². The molecule has 2 aliphatic rings. The number of benzene rings is 1. The molecule has 1 aromatic carbocycles. The standard InChI is InChI=1S/C18H23FN2O3/c1-13(22)15-2-3-17(16(19)12-15)20-6-8-21(9-7-20)18(23)14-4-10-24-11-5-14/h2-3,12,14H,4-11H2,1H3. The minimum atomic E-state index is -0.382. The van der Waals surface area contributed by atoms with Crippen molar-refractivity contribution in [3.63, 3.8) is 0 Å². The van der Waals surface area contributed by atoms with Gasteiger partial charge >= 0.3 is 0 Å². The molecule has 1 aromatic rings. The molecule has 1 amide bonds. The van der Waals surface area contributed by atoms with Crippen molar-refractivity contribution >= 4 is 17.4 Å². The summed E-state index contributed by atoms with van der Waals surface area (Å²) in [6.07, 6.45) is 1.58. The molecule has 0 radical (unpaired) electrons. The molecule has 2 aliphatic heterocycles. The molecule has 130 valence electrons. The summed E-state index contributed by atoms with van der Waals surface area (Å²) in [5.74, 6) is -0.263. The molecule has 0 N–H and O–H groups in total. The van der Waals surface area contributed by atoms with E-state index in [1.807, 2.05) is 9.80 Å². The fraction of sp³-hybridized carbons (Fsp3) is 0.556. The first-order chi connectivity index (χ1) is 11.6. The van der Waals surface area contributed by atoms with Crippen LogP contribution in [-0.2, 0) is 9.53 Å². The molecule has 2 saturated heterocycles. The number of carbonyl (C=O) groups is 2. The Kier molecular flexibility index (Phi) is 5.14. The van der Waals surface area contributed by atoms with Crippen molar-refractivity contribution in [2.45, 2.75) is 19.8 Å². The molecular formula is C18H23FN2O3. The third kappa shape index (κ3) is 3.59. The summed E-state index contributed by atoms with van der Waals surface area (Å²) in [4.78, 5) is 27.7. The Morgan fingerprint density at radius 2 is 1.79 bits per heavy atom. The van der Waals surface area contributed by atoms with E-state index in [0.29, 0.717) is 50.6 Å². The number of anilines is 1. The highest BCUT2D eigenvalue weighted by Gasteiger charge is 2.29. The van der Waals surface area contributed by atoms with Crippen molar-refractivity contribution < 1.29 is 18.7 Å². The molecule has 5 nitrogen and oxygen atoms in total. The molecule has 2 fully saturated rings. The Morgan fingerprint density at radius 3 is 2.38 bits per heavy atom. The molecule has 0 aromatic heterocycles. The number of hydrogen-bond donors (Lipinski definition) is 0. The highest BCUT2D eigenvalue weighted by Crippen LogP contribution is 2.24. The lowest BCUT2D eigenvalue weighted by Crippen LogP contribution is -2.51. The molecule has 0 aliphatic carbocycles. The summed E-state index contributed by atoms with van der Waals surface area (Å²) in [7, 11) is 0. The number of ether oxygens (including phenoxy) is 1. The molecule has 0 atom stereocenters. The Hall–Kier alpha value is -1.95. The van der Waals surface area contributed by atoms with E-state index in [1.165, 1.54) is 13.0 Å². The molecule has 2 heterocycles. The Labute approximate surface area is 141 Å². The second-order valence-electron chi connectivity index (χ2n) is 6.42. The SMILES string of the molecule is CC(=O)c1ccc(N2CCN(C(=O)C3CCOCC3)CC2)c(F)c1. The summed E-state index contributed by atoms with van der Waals surface area (Å²) in [5, 5.41) is 0. The molecule has 0 spiro atoms. The fourth-order valence-electron chi connectivity index (χ4n) is 3.35. The lowest BCUT2D eigenvalue weighted by molar-refractivity contribution is -0.138. The fourth-order valence-corrected chi connectivity index (χ4v) is 3.35. The molecule has 0 bridgehead atoms. The average Bonchev–Trinajstić information content (AvgIpc) is 2.62. The highest BCUT2D eigenvalue weighted by molar-refractivity contribution is 5.94. The highest BCUT2D eigenvalue weighted by atomic mass is 19.1. The topological polar surface area (TPSA) is 49.9 Å². The van der Waals surface area contributed by atoms with E-state index in [1.54, 1.807) is 12.1 Å². The smallest absolute Gasteiger partial charge is 0.225 e. The quantitative estimate of drug-likeness (QED) is 0.795. The van der Waals surface area contributed by atoms with Crippen LogP contribution in [0.2, 0.25) is 0 Å². The first-order valence-corrected chi connectivity index (χ1v) is 8.48. The normalized spacial score (nSPS) is 19.4. The van der Waals surface area contributed by atoms with Crippen LogP contribution in [0.3, 0.4) is 0 Å². The van der Waals surface area contributed by atoms with Crippen LogP contribution >= 0.6 is 0 Å². The number of amides is 1. The van der Waals surface area contributed by atoms with Gasteiger partial charge in [-0.3, -0.25) is 9.59 Å². The van der Waals surface area contributed by atoms with Crippen LogP contribution in [0.1, 0.15) is 30.1 Å². The molecular weight excluding hydrogens is 311 g/mol. The molecule has 0 unspecified atom stereocenters. The van der Waals surface area contributed by atoms with E-state index >= 15 is 0 Å². The van der Waals surface area contributed by atoms with Gasteiger partial charge in [-0.2, -0.15) is 0 Å². The Balaban J connectivity index is 1.60. The number of halogens is 1. The van der Waals surface area contributed by atoms with Gasteiger partial charge in [0.15, 0.2) is 5.78 Å². The van der Waals surface area contributed by atoms with Crippen molar-refractivity contribution in [3.8, 4) is 0 Å². The molecule has 3 rings (SSSR count). The predicted octanol–water partition coefficient (Wildman–Crippen LogP) is 2.10. The van der Waals surface area contributed by atoms with Crippen molar-refractivity contribution in [3.05, 3.63) is 29.6 Å². The van der Waals surface area contributed by atoms with Crippen LogP contribution in [0.5, 0.6) is 0 Å². The largest absolute Gasteiger partial charge is 0.381 e. The van der Waals surface area contributed by atoms with Gasteiger partial charge in [0.1, 0.15) is 5.82 Å². The number of ketones is 1. The van der Waals surface area contributed by atoms with E-state index in [2.05, 4.69) is 0 Å². The van der Waals surface area contributed by atoms with E-state index in [4.69, 9.17) is 4.74 Å². The lowest BCUT2D eigenvalue weighted by atomic mass is 9.98. The van der Waals surface area contributed by atoms with E-state index in [9.17, 15) is 14.0 Å². The average molecular weight is 334 g/mol. The maximum Gasteiger partial charge on any atom is 0.225 e. The maximum absolute atomic E-state index is 14.3. The van der Waals surface area contributed by atoms with Gasteiger partial charge in [-0.05, 0) is 38.0 Å². The van der Waals surface area contributed by atoms with Gasteiger partial charge in [-0.1, -0.05) is 0 Å². The Bertz CT molecular complexity index is 621. The number of carbonyl (C=O) groups excluding carboxylic acids is 2. The zero-order chi connectivity index (χ0) is 17.1. The molecule has 6 heteroatoms. The second-order valence-corrected chi connectivity index (χ2v) is 6.42. The first kappa shape index (κ1) is 16.9. The summed E-state index contributed by atoms with van der Waals surface area (Å²) in [5.41, 5.74) is 0.878. The zero-order valence-corrected chi connectivity index (χ0v) is 14.0. The second kappa shape index (κ2) is 7.30. The first-order valence-electron chi connectivity index (χ1n) is 8.48. The van der Waals surface area contributed by atoms with E-state index < -0.39 is 0 Å². The van der Waals surface area contributed by atoms with Crippen LogP contribution in [0.15, 0.2) is 18.2 Å². The van der Waals surface area contributed by atoms with E-state index in [-0.39, 0.29) is 23.4 Å². The molecule has 0 saturated carbocycles. The number of rotatable bonds is 3. The Morgan fingerprint density at radius 1 is 1.12 bits per heavy atom.